The fraction of sp³-hybridized carbons (Fsp3) is 0.571. The standard InChI is InChI=1S/C14H19N5O2/c1-4-11(20)19-6-5-10(7-19)21-14-12-13(15-8-16-14)18(3)9(2)17-12/h8,10H,4-7H2,1-3H3. The second-order valence-electron chi connectivity index (χ2n) is 5.29. The molecule has 2 aromatic rings. The van der Waals surface area contributed by atoms with Crippen molar-refractivity contribution in [2.24, 2.45) is 7.05 Å². The summed E-state index contributed by atoms with van der Waals surface area (Å²) >= 11 is 0. The molecule has 1 aliphatic rings. The summed E-state index contributed by atoms with van der Waals surface area (Å²) in [7, 11) is 1.92. The molecule has 3 heterocycles. The first-order valence-electron chi connectivity index (χ1n) is 7.18. The van der Waals surface area contributed by atoms with E-state index in [1.54, 1.807) is 0 Å². The van der Waals surface area contributed by atoms with Crippen LogP contribution in [-0.4, -0.2) is 49.5 Å². The maximum absolute atomic E-state index is 11.7. The minimum absolute atomic E-state index is 0.0269. The molecular weight excluding hydrogens is 270 g/mol. The highest BCUT2D eigenvalue weighted by atomic mass is 16.5. The minimum atomic E-state index is -0.0269. The van der Waals surface area contributed by atoms with Gasteiger partial charge < -0.3 is 14.2 Å². The number of imidazole rings is 1. The lowest BCUT2D eigenvalue weighted by Crippen LogP contribution is -2.30. The topological polar surface area (TPSA) is 73.1 Å². The summed E-state index contributed by atoms with van der Waals surface area (Å²) < 4.78 is 7.87. The van der Waals surface area contributed by atoms with Crippen molar-refractivity contribution in [2.45, 2.75) is 32.8 Å². The van der Waals surface area contributed by atoms with Gasteiger partial charge in [0.15, 0.2) is 11.2 Å². The van der Waals surface area contributed by atoms with Gasteiger partial charge in [0.25, 0.3) is 0 Å². The number of rotatable bonds is 3. The predicted molar refractivity (Wildman–Crippen MR) is 76.9 cm³/mol. The molecule has 0 spiro atoms. The SMILES string of the molecule is CCC(=O)N1CCC(Oc2ncnc3c2nc(C)n3C)C1. The van der Waals surface area contributed by atoms with Crippen molar-refractivity contribution >= 4 is 17.1 Å². The minimum Gasteiger partial charge on any atom is -0.471 e. The van der Waals surface area contributed by atoms with Gasteiger partial charge in [-0.2, -0.15) is 4.98 Å². The molecule has 0 saturated carbocycles. The summed E-state index contributed by atoms with van der Waals surface area (Å²) in [6.07, 6.45) is 2.82. The van der Waals surface area contributed by atoms with E-state index >= 15 is 0 Å². The van der Waals surface area contributed by atoms with E-state index in [4.69, 9.17) is 4.74 Å². The Labute approximate surface area is 123 Å². The highest BCUT2D eigenvalue weighted by Gasteiger charge is 2.28. The second-order valence-corrected chi connectivity index (χ2v) is 5.29. The van der Waals surface area contributed by atoms with E-state index in [2.05, 4.69) is 15.0 Å². The van der Waals surface area contributed by atoms with Crippen LogP contribution in [0.2, 0.25) is 0 Å². The van der Waals surface area contributed by atoms with Crippen molar-refractivity contribution < 1.29 is 9.53 Å². The molecule has 0 N–H and O–H groups in total. The van der Waals surface area contributed by atoms with Crippen molar-refractivity contribution in [1.82, 2.24) is 24.4 Å². The van der Waals surface area contributed by atoms with Crippen molar-refractivity contribution in [1.29, 1.82) is 0 Å². The molecule has 7 nitrogen and oxygen atoms in total. The molecule has 3 rings (SSSR count). The Bertz CT molecular complexity index is 681. The Morgan fingerprint density at radius 2 is 2.29 bits per heavy atom. The molecule has 1 amide bonds. The number of ether oxygens (including phenoxy) is 1. The Morgan fingerprint density at radius 1 is 1.48 bits per heavy atom. The average Bonchev–Trinajstić information content (AvgIpc) is 3.06. The lowest BCUT2D eigenvalue weighted by Gasteiger charge is -2.16. The average molecular weight is 289 g/mol. The van der Waals surface area contributed by atoms with E-state index in [1.165, 1.54) is 6.33 Å². The largest absolute Gasteiger partial charge is 0.471 e. The molecule has 1 aliphatic heterocycles. The smallest absolute Gasteiger partial charge is 0.245 e. The van der Waals surface area contributed by atoms with Crippen LogP contribution in [-0.2, 0) is 11.8 Å². The van der Waals surface area contributed by atoms with Crippen LogP contribution in [0.5, 0.6) is 5.88 Å². The van der Waals surface area contributed by atoms with Gasteiger partial charge in [-0.25, -0.2) is 9.97 Å². The number of aromatic nitrogens is 4. The summed E-state index contributed by atoms with van der Waals surface area (Å²) in [5, 5.41) is 0. The third-order valence-electron chi connectivity index (χ3n) is 3.92. The molecule has 112 valence electrons. The molecule has 2 aromatic heterocycles. The molecule has 21 heavy (non-hydrogen) atoms. The zero-order chi connectivity index (χ0) is 15.0. The fourth-order valence-electron chi connectivity index (χ4n) is 2.61. The molecule has 0 aliphatic carbocycles. The molecule has 7 heteroatoms. The van der Waals surface area contributed by atoms with E-state index in [1.807, 2.05) is 30.4 Å². The van der Waals surface area contributed by atoms with E-state index < -0.39 is 0 Å². The van der Waals surface area contributed by atoms with Crippen molar-refractivity contribution in [2.75, 3.05) is 13.1 Å². The number of likely N-dealkylation sites (tertiary alicyclic amines) is 1. The summed E-state index contributed by atoms with van der Waals surface area (Å²) in [5.41, 5.74) is 1.44. The Hall–Kier alpha value is -2.18. The molecular formula is C14H19N5O2. The predicted octanol–water partition coefficient (Wildman–Crippen LogP) is 1.06. The molecule has 0 aromatic carbocycles. The monoisotopic (exact) mass is 289 g/mol. The lowest BCUT2D eigenvalue weighted by atomic mass is 10.3. The van der Waals surface area contributed by atoms with Gasteiger partial charge in [0.05, 0.1) is 6.54 Å². The van der Waals surface area contributed by atoms with Gasteiger partial charge in [0.1, 0.15) is 18.3 Å². The first-order valence-corrected chi connectivity index (χ1v) is 7.18. The van der Waals surface area contributed by atoms with E-state index in [0.717, 1.165) is 24.4 Å². The third kappa shape index (κ3) is 2.43. The number of nitrogens with zero attached hydrogens (tertiary/aromatic N) is 5. The summed E-state index contributed by atoms with van der Waals surface area (Å²) in [6, 6.07) is 0. The first-order chi connectivity index (χ1) is 10.1. The van der Waals surface area contributed by atoms with Gasteiger partial charge in [0.2, 0.25) is 11.8 Å². The maximum Gasteiger partial charge on any atom is 0.245 e. The van der Waals surface area contributed by atoms with Crippen LogP contribution in [0.15, 0.2) is 6.33 Å². The highest BCUT2D eigenvalue weighted by molar-refractivity contribution is 5.77. The van der Waals surface area contributed by atoms with Crippen LogP contribution in [0, 0.1) is 6.92 Å². The lowest BCUT2D eigenvalue weighted by molar-refractivity contribution is -0.130. The summed E-state index contributed by atoms with van der Waals surface area (Å²) in [6.45, 7) is 5.15. The number of carbonyl (C=O) groups excluding carboxylic acids is 1. The normalized spacial score (nSPS) is 18.4. The van der Waals surface area contributed by atoms with Gasteiger partial charge in [-0.15, -0.1) is 0 Å². The quantitative estimate of drug-likeness (QED) is 0.845. The van der Waals surface area contributed by atoms with E-state index in [9.17, 15) is 4.79 Å². The van der Waals surface area contributed by atoms with Gasteiger partial charge in [-0.05, 0) is 6.92 Å². The van der Waals surface area contributed by atoms with E-state index in [-0.39, 0.29) is 12.0 Å². The van der Waals surface area contributed by atoms with Crippen LogP contribution in [0.3, 0.4) is 0 Å². The Balaban J connectivity index is 1.80. The number of hydrogen-bond donors (Lipinski definition) is 0. The van der Waals surface area contributed by atoms with Crippen molar-refractivity contribution in [3.8, 4) is 5.88 Å². The van der Waals surface area contributed by atoms with Crippen LogP contribution in [0.25, 0.3) is 11.2 Å². The first kappa shape index (κ1) is 13.8. The summed E-state index contributed by atoms with van der Waals surface area (Å²) in [4.78, 5) is 26.4. The number of fused-ring (bicyclic) bond motifs is 1. The zero-order valence-corrected chi connectivity index (χ0v) is 12.5. The third-order valence-corrected chi connectivity index (χ3v) is 3.92. The molecule has 0 radical (unpaired) electrons. The number of amides is 1. The molecule has 1 fully saturated rings. The van der Waals surface area contributed by atoms with Gasteiger partial charge in [-0.1, -0.05) is 6.92 Å². The molecule has 1 atom stereocenters. The van der Waals surface area contributed by atoms with Crippen molar-refractivity contribution in [3.63, 3.8) is 0 Å². The van der Waals surface area contributed by atoms with Crippen LogP contribution in [0.1, 0.15) is 25.6 Å². The second kappa shape index (κ2) is 5.31. The Kier molecular flexibility index (Phi) is 3.48. The number of hydrogen-bond acceptors (Lipinski definition) is 5. The van der Waals surface area contributed by atoms with Crippen LogP contribution >= 0.6 is 0 Å². The summed E-state index contributed by atoms with van der Waals surface area (Å²) in [5.74, 6) is 1.53. The number of carbonyl (C=O) groups is 1. The van der Waals surface area contributed by atoms with Crippen molar-refractivity contribution in [3.05, 3.63) is 12.2 Å². The fourth-order valence-corrected chi connectivity index (χ4v) is 2.61. The maximum atomic E-state index is 11.7. The van der Waals surface area contributed by atoms with Gasteiger partial charge in [-0.3, -0.25) is 4.79 Å². The highest BCUT2D eigenvalue weighted by Crippen LogP contribution is 2.24. The molecule has 0 bridgehead atoms. The van der Waals surface area contributed by atoms with Crippen LogP contribution in [0.4, 0.5) is 0 Å². The Morgan fingerprint density at radius 3 is 3.05 bits per heavy atom. The van der Waals surface area contributed by atoms with Gasteiger partial charge >= 0.3 is 0 Å². The molecule has 1 unspecified atom stereocenters. The van der Waals surface area contributed by atoms with Crippen LogP contribution < -0.4 is 4.74 Å². The van der Waals surface area contributed by atoms with E-state index in [0.29, 0.717) is 24.4 Å². The zero-order valence-electron chi connectivity index (χ0n) is 12.5. The number of aryl methyl sites for hydroxylation is 2. The molecule has 1 saturated heterocycles. The van der Waals surface area contributed by atoms with Gasteiger partial charge in [0, 0.05) is 26.4 Å².